The zero-order valence-electron chi connectivity index (χ0n) is 28.0. The van der Waals surface area contributed by atoms with Crippen molar-refractivity contribution in [2.45, 2.75) is 83.8 Å². The molecule has 12 heteroatoms. The van der Waals surface area contributed by atoms with E-state index in [4.69, 9.17) is 47.4 Å². The van der Waals surface area contributed by atoms with E-state index in [1.807, 2.05) is 0 Å². The monoisotopic (exact) mass is 641 g/mol. The lowest BCUT2D eigenvalue weighted by Gasteiger charge is -2.18. The van der Waals surface area contributed by atoms with Crippen molar-refractivity contribution in [2.24, 2.45) is 0 Å². The molecule has 44 heavy (non-hydrogen) atoms. The molecule has 0 aromatic carbocycles. The van der Waals surface area contributed by atoms with Crippen molar-refractivity contribution >= 4 is 0 Å². The van der Waals surface area contributed by atoms with E-state index in [9.17, 15) is 5.26 Å². The average molecular weight is 642 g/mol. The van der Waals surface area contributed by atoms with Crippen LogP contribution in [0.25, 0.3) is 0 Å². The van der Waals surface area contributed by atoms with Crippen LogP contribution in [-0.4, -0.2) is 132 Å². The zero-order valence-corrected chi connectivity index (χ0v) is 28.0. The molecule has 0 aromatic rings. The van der Waals surface area contributed by atoms with Crippen LogP contribution in [0.15, 0.2) is 0 Å². The van der Waals surface area contributed by atoms with E-state index in [-0.39, 0.29) is 0 Å². The van der Waals surface area contributed by atoms with Gasteiger partial charge in [-0.1, -0.05) is 64.7 Å². The largest absolute Gasteiger partial charge is 0.721 e. The number of methoxy groups -OCH3 is 1. The second kappa shape index (κ2) is 40.5. The summed E-state index contributed by atoms with van der Waals surface area (Å²) in [6.07, 6.45) is 13.0. The molecular formula is C32H65O12-. The molecule has 0 spiro atoms. The summed E-state index contributed by atoms with van der Waals surface area (Å²) < 4.78 is 54.0. The van der Waals surface area contributed by atoms with Crippen LogP contribution in [0.4, 0.5) is 0 Å². The second-order valence-corrected chi connectivity index (χ2v) is 10.2. The van der Waals surface area contributed by atoms with Gasteiger partial charge in [0.15, 0.2) is 0 Å². The molecule has 0 aliphatic carbocycles. The van der Waals surface area contributed by atoms with Crippen LogP contribution in [0.1, 0.15) is 77.6 Å². The van der Waals surface area contributed by atoms with Crippen molar-refractivity contribution < 1.29 is 57.5 Å². The molecule has 12 nitrogen and oxygen atoms in total. The fourth-order valence-corrected chi connectivity index (χ4v) is 3.94. The van der Waals surface area contributed by atoms with Gasteiger partial charge in [0.1, 0.15) is 6.29 Å². The molecule has 0 radical (unpaired) electrons. The van der Waals surface area contributed by atoms with Gasteiger partial charge in [-0.25, -0.2) is 0 Å². The Morgan fingerprint density at radius 3 is 0.932 bits per heavy atom. The predicted octanol–water partition coefficient (Wildman–Crippen LogP) is 3.71. The molecule has 0 fully saturated rings. The minimum atomic E-state index is -0.778. The molecule has 0 aliphatic heterocycles. The molecule has 0 saturated carbocycles. The fourth-order valence-electron chi connectivity index (χ4n) is 3.94. The zero-order chi connectivity index (χ0) is 31.9. The van der Waals surface area contributed by atoms with Crippen LogP contribution >= 0.6 is 0 Å². The third kappa shape index (κ3) is 37.7. The molecule has 0 N–H and O–H groups in total. The first kappa shape index (κ1) is 43.5. The lowest BCUT2D eigenvalue weighted by Crippen LogP contribution is -2.24. The van der Waals surface area contributed by atoms with Gasteiger partial charge < -0.3 is 57.5 Å². The van der Waals surface area contributed by atoms with Gasteiger partial charge in [0.2, 0.25) is 0 Å². The summed E-state index contributed by atoms with van der Waals surface area (Å²) >= 11 is 0. The van der Waals surface area contributed by atoms with Crippen molar-refractivity contribution in [1.29, 1.82) is 0 Å². The molecule has 266 valence electrons. The Balaban J connectivity index is 3.05. The minimum Gasteiger partial charge on any atom is -0.721 e. The standard InChI is InChI=1S/C32H66O12/c1-3-4-5-6-7-8-9-10-11-12-14-35-16-18-37-20-22-39-24-26-41-28-30-43-31-29-42-27-25-40-23-21-38-19-17-36-15-13-32(34-2)44-33/h32-33H,3-31H2,1-2H3/p-1. The third-order valence-electron chi connectivity index (χ3n) is 6.49. The van der Waals surface area contributed by atoms with Crippen LogP contribution < -0.4 is 5.26 Å². The first-order valence-corrected chi connectivity index (χ1v) is 16.9. The maximum absolute atomic E-state index is 10.2. The molecule has 0 heterocycles. The molecule has 1 unspecified atom stereocenters. The first-order valence-electron chi connectivity index (χ1n) is 16.9. The van der Waals surface area contributed by atoms with Crippen molar-refractivity contribution in [2.75, 3.05) is 126 Å². The highest BCUT2D eigenvalue weighted by atomic mass is 17.1. The van der Waals surface area contributed by atoms with E-state index in [1.165, 1.54) is 64.9 Å². The summed E-state index contributed by atoms with van der Waals surface area (Å²) in [5, 5.41) is 10.2. The molecule has 0 bridgehead atoms. The van der Waals surface area contributed by atoms with E-state index >= 15 is 0 Å². The number of hydrogen-bond donors (Lipinski definition) is 0. The van der Waals surface area contributed by atoms with Gasteiger partial charge in [0.05, 0.1) is 112 Å². The Bertz CT molecular complexity index is 500. The Labute approximate surface area is 267 Å². The van der Waals surface area contributed by atoms with Gasteiger partial charge in [-0.15, -0.1) is 0 Å². The highest BCUT2D eigenvalue weighted by Gasteiger charge is 2.02. The Kier molecular flexibility index (Phi) is 40.1. The third-order valence-corrected chi connectivity index (χ3v) is 6.49. The predicted molar refractivity (Wildman–Crippen MR) is 166 cm³/mol. The van der Waals surface area contributed by atoms with Crippen molar-refractivity contribution in [3.8, 4) is 0 Å². The fraction of sp³-hybridized carbons (Fsp3) is 1.00. The summed E-state index contributed by atoms with van der Waals surface area (Å²) in [6, 6.07) is 0. The molecule has 0 aromatic heterocycles. The van der Waals surface area contributed by atoms with Gasteiger partial charge in [0.25, 0.3) is 0 Å². The molecular weight excluding hydrogens is 576 g/mol. The van der Waals surface area contributed by atoms with Crippen molar-refractivity contribution in [3.63, 3.8) is 0 Å². The average Bonchev–Trinajstić information content (AvgIpc) is 3.04. The molecule has 0 amide bonds. The number of ether oxygens (including phenoxy) is 10. The Morgan fingerprint density at radius 1 is 0.364 bits per heavy atom. The van der Waals surface area contributed by atoms with Crippen LogP contribution in [0, 0.1) is 0 Å². The van der Waals surface area contributed by atoms with Crippen LogP contribution in [0.2, 0.25) is 0 Å². The van der Waals surface area contributed by atoms with E-state index in [2.05, 4.69) is 11.8 Å². The summed E-state index contributed by atoms with van der Waals surface area (Å²) in [6.45, 7) is 11.8. The van der Waals surface area contributed by atoms with Gasteiger partial charge >= 0.3 is 0 Å². The minimum absolute atomic E-state index is 0.372. The molecule has 0 saturated heterocycles. The van der Waals surface area contributed by atoms with Crippen LogP contribution in [0.5, 0.6) is 0 Å². The smallest absolute Gasteiger partial charge is 0.149 e. The van der Waals surface area contributed by atoms with Crippen LogP contribution in [0.3, 0.4) is 0 Å². The van der Waals surface area contributed by atoms with E-state index in [0.29, 0.717) is 119 Å². The molecule has 0 rings (SSSR count). The van der Waals surface area contributed by atoms with E-state index in [1.54, 1.807) is 0 Å². The van der Waals surface area contributed by atoms with Crippen molar-refractivity contribution in [3.05, 3.63) is 0 Å². The Hall–Kier alpha value is -0.480. The normalized spacial score (nSPS) is 12.3. The molecule has 1 atom stereocenters. The van der Waals surface area contributed by atoms with Crippen molar-refractivity contribution in [1.82, 2.24) is 0 Å². The lowest BCUT2D eigenvalue weighted by molar-refractivity contribution is -0.718. The maximum atomic E-state index is 10.2. The quantitative estimate of drug-likeness (QED) is 0.0419. The number of unbranched alkanes of at least 4 members (excludes halogenated alkanes) is 9. The van der Waals surface area contributed by atoms with Gasteiger partial charge in [-0.3, -0.25) is 0 Å². The lowest BCUT2D eigenvalue weighted by atomic mass is 10.1. The highest BCUT2D eigenvalue weighted by molar-refractivity contribution is 4.47. The number of rotatable bonds is 40. The van der Waals surface area contributed by atoms with Gasteiger partial charge in [0, 0.05) is 20.1 Å². The Morgan fingerprint density at radius 2 is 0.636 bits per heavy atom. The number of hydrogen-bond acceptors (Lipinski definition) is 12. The topological polar surface area (TPSA) is 125 Å². The summed E-state index contributed by atoms with van der Waals surface area (Å²) in [5.74, 6) is 0. The summed E-state index contributed by atoms with van der Waals surface area (Å²) in [7, 11) is 1.41. The van der Waals surface area contributed by atoms with Gasteiger partial charge in [-0.2, -0.15) is 0 Å². The maximum Gasteiger partial charge on any atom is 0.149 e. The summed E-state index contributed by atoms with van der Waals surface area (Å²) in [5.41, 5.74) is 0. The van der Waals surface area contributed by atoms with Gasteiger partial charge in [-0.05, 0) is 6.42 Å². The SMILES string of the molecule is CCCCCCCCCCCCOCCOCCOCCOCCOCCOCCOCCOCCOCCC(OC)O[O-]. The van der Waals surface area contributed by atoms with Crippen LogP contribution in [-0.2, 0) is 52.3 Å². The highest BCUT2D eigenvalue weighted by Crippen LogP contribution is 2.10. The second-order valence-electron chi connectivity index (χ2n) is 10.2. The first-order chi connectivity index (χ1) is 21.8. The van der Waals surface area contributed by atoms with E-state index in [0.717, 1.165) is 13.0 Å². The molecule has 0 aliphatic rings. The summed E-state index contributed by atoms with van der Waals surface area (Å²) in [4.78, 5) is 3.84. The van der Waals surface area contributed by atoms with E-state index < -0.39 is 6.29 Å².